The minimum atomic E-state index is -0.550. The first-order chi connectivity index (χ1) is 8.69. The van der Waals surface area contributed by atoms with Crippen molar-refractivity contribution in [2.75, 3.05) is 6.54 Å². The Hall–Kier alpha value is -0.630. The molecule has 4 nitrogen and oxygen atoms in total. The van der Waals surface area contributed by atoms with E-state index in [-0.39, 0.29) is 12.5 Å². The second-order valence-corrected chi connectivity index (χ2v) is 6.97. The van der Waals surface area contributed by atoms with Crippen molar-refractivity contribution in [1.82, 2.24) is 5.32 Å². The summed E-state index contributed by atoms with van der Waals surface area (Å²) in [6.45, 7) is 5.20. The maximum absolute atomic E-state index is 11.9. The predicted molar refractivity (Wildman–Crippen MR) is 85.0 cm³/mol. The summed E-state index contributed by atoms with van der Waals surface area (Å²) in [7, 11) is 0. The summed E-state index contributed by atoms with van der Waals surface area (Å²) in [5.41, 5.74) is -0.0232. The molecule has 0 radical (unpaired) electrons. The van der Waals surface area contributed by atoms with Gasteiger partial charge in [-0.05, 0) is 61.6 Å². The van der Waals surface area contributed by atoms with Gasteiger partial charge in [-0.3, -0.25) is 9.59 Å². The highest BCUT2D eigenvalue weighted by Gasteiger charge is 2.17. The Morgan fingerprint density at radius 2 is 2.00 bits per heavy atom. The molecule has 0 spiro atoms. The number of benzene rings is 1. The normalized spacial score (nSPS) is 11.0. The minimum Gasteiger partial charge on any atom is -0.459 e. The third-order valence-electron chi connectivity index (χ3n) is 1.99. The van der Waals surface area contributed by atoms with E-state index in [1.807, 2.05) is 12.1 Å². The molecule has 19 heavy (non-hydrogen) atoms. The van der Waals surface area contributed by atoms with E-state index in [4.69, 9.17) is 4.74 Å². The number of hydrogen-bond donors (Lipinski definition) is 1. The summed E-state index contributed by atoms with van der Waals surface area (Å²) in [6.07, 6.45) is 0. The topological polar surface area (TPSA) is 55.4 Å². The fraction of sp³-hybridized carbons (Fsp3) is 0.385. The fourth-order valence-electron chi connectivity index (χ4n) is 1.30. The number of esters is 1. The SMILES string of the molecule is CC(C)(C)OC(=O)CNC(=O)c1cc(Br)ccc1I. The van der Waals surface area contributed by atoms with Crippen LogP contribution in [0.2, 0.25) is 0 Å². The standard InChI is InChI=1S/C13H15BrINO3/c1-13(2,3)19-11(17)7-16-12(18)9-6-8(14)4-5-10(9)15/h4-6H,7H2,1-3H3,(H,16,18). The minimum absolute atomic E-state index is 0.140. The third kappa shape index (κ3) is 5.90. The van der Waals surface area contributed by atoms with Crippen molar-refractivity contribution in [3.05, 3.63) is 31.8 Å². The van der Waals surface area contributed by atoms with E-state index in [9.17, 15) is 9.59 Å². The molecule has 1 aromatic carbocycles. The molecule has 0 heterocycles. The summed E-state index contributed by atoms with van der Waals surface area (Å²) >= 11 is 5.38. The molecule has 0 aliphatic carbocycles. The van der Waals surface area contributed by atoms with Gasteiger partial charge in [0, 0.05) is 8.04 Å². The molecule has 104 valence electrons. The Morgan fingerprint density at radius 1 is 1.37 bits per heavy atom. The smallest absolute Gasteiger partial charge is 0.325 e. The van der Waals surface area contributed by atoms with Crippen molar-refractivity contribution in [3.8, 4) is 0 Å². The van der Waals surface area contributed by atoms with Crippen LogP contribution in [0.5, 0.6) is 0 Å². The summed E-state index contributed by atoms with van der Waals surface area (Å²) < 4.78 is 6.75. The molecule has 0 aliphatic rings. The number of halogens is 2. The van der Waals surface area contributed by atoms with Crippen LogP contribution in [0.15, 0.2) is 22.7 Å². The van der Waals surface area contributed by atoms with Crippen LogP contribution < -0.4 is 5.32 Å². The first-order valence-corrected chi connectivity index (χ1v) is 7.51. The Morgan fingerprint density at radius 3 is 2.58 bits per heavy atom. The Labute approximate surface area is 134 Å². The van der Waals surface area contributed by atoms with E-state index in [1.165, 1.54) is 0 Å². The zero-order valence-electron chi connectivity index (χ0n) is 10.9. The molecule has 0 fully saturated rings. The Balaban J connectivity index is 2.61. The van der Waals surface area contributed by atoms with Crippen LogP contribution in [0.3, 0.4) is 0 Å². The van der Waals surface area contributed by atoms with Crippen molar-refractivity contribution < 1.29 is 14.3 Å². The van der Waals surface area contributed by atoms with Gasteiger partial charge >= 0.3 is 5.97 Å². The first-order valence-electron chi connectivity index (χ1n) is 5.64. The fourth-order valence-corrected chi connectivity index (χ4v) is 2.24. The lowest BCUT2D eigenvalue weighted by Gasteiger charge is -2.19. The number of carbonyl (C=O) groups excluding carboxylic acids is 2. The first kappa shape index (κ1) is 16.4. The molecular weight excluding hydrogens is 425 g/mol. The number of carbonyl (C=O) groups is 2. The molecule has 6 heteroatoms. The van der Waals surface area contributed by atoms with Crippen LogP contribution in [-0.2, 0) is 9.53 Å². The molecular formula is C13H15BrINO3. The van der Waals surface area contributed by atoms with Crippen LogP contribution in [0, 0.1) is 3.57 Å². The number of nitrogens with one attached hydrogen (secondary N) is 1. The Kier molecular flexibility index (Phi) is 5.79. The second-order valence-electron chi connectivity index (χ2n) is 4.89. The molecule has 0 aliphatic heterocycles. The lowest BCUT2D eigenvalue weighted by Crippen LogP contribution is -2.34. The highest BCUT2D eigenvalue weighted by atomic mass is 127. The van der Waals surface area contributed by atoms with Gasteiger partial charge in [0.1, 0.15) is 12.1 Å². The van der Waals surface area contributed by atoms with Crippen LogP contribution in [0.25, 0.3) is 0 Å². The van der Waals surface area contributed by atoms with Crippen molar-refractivity contribution >= 4 is 50.4 Å². The van der Waals surface area contributed by atoms with Crippen LogP contribution in [0.4, 0.5) is 0 Å². The van der Waals surface area contributed by atoms with Crippen LogP contribution in [-0.4, -0.2) is 24.0 Å². The number of hydrogen-bond acceptors (Lipinski definition) is 3. The average molecular weight is 440 g/mol. The molecule has 1 rings (SSSR count). The number of amides is 1. The van der Waals surface area contributed by atoms with E-state index in [1.54, 1.807) is 26.8 Å². The second kappa shape index (κ2) is 6.69. The van der Waals surface area contributed by atoms with Crippen LogP contribution in [0.1, 0.15) is 31.1 Å². The van der Waals surface area contributed by atoms with Crippen molar-refractivity contribution in [2.45, 2.75) is 26.4 Å². The van der Waals surface area contributed by atoms with Gasteiger partial charge in [0.15, 0.2) is 0 Å². The quantitative estimate of drug-likeness (QED) is 0.581. The van der Waals surface area contributed by atoms with Gasteiger partial charge in [-0.2, -0.15) is 0 Å². The maximum Gasteiger partial charge on any atom is 0.325 e. The van der Waals surface area contributed by atoms with Crippen molar-refractivity contribution in [1.29, 1.82) is 0 Å². The van der Waals surface area contributed by atoms with E-state index in [2.05, 4.69) is 43.8 Å². The third-order valence-corrected chi connectivity index (χ3v) is 3.42. The van der Waals surface area contributed by atoms with Gasteiger partial charge in [-0.1, -0.05) is 15.9 Å². The largest absolute Gasteiger partial charge is 0.459 e. The van der Waals surface area contributed by atoms with Gasteiger partial charge in [-0.25, -0.2) is 0 Å². The van der Waals surface area contributed by atoms with E-state index < -0.39 is 11.6 Å². The van der Waals surface area contributed by atoms with Crippen LogP contribution >= 0.6 is 38.5 Å². The molecule has 0 bridgehead atoms. The van der Waals surface area contributed by atoms with E-state index >= 15 is 0 Å². The molecule has 1 N–H and O–H groups in total. The molecule has 1 aromatic rings. The average Bonchev–Trinajstić information content (AvgIpc) is 2.27. The molecule has 0 saturated heterocycles. The molecule has 1 amide bonds. The summed E-state index contributed by atoms with van der Waals surface area (Å²) in [5, 5.41) is 2.55. The monoisotopic (exact) mass is 439 g/mol. The summed E-state index contributed by atoms with van der Waals surface area (Å²) in [5.74, 6) is -0.748. The van der Waals surface area contributed by atoms with E-state index in [0.717, 1.165) is 8.04 Å². The van der Waals surface area contributed by atoms with Crippen molar-refractivity contribution in [2.24, 2.45) is 0 Å². The van der Waals surface area contributed by atoms with Crippen molar-refractivity contribution in [3.63, 3.8) is 0 Å². The zero-order valence-corrected chi connectivity index (χ0v) is 14.7. The Bertz CT molecular complexity index is 497. The summed E-state index contributed by atoms with van der Waals surface area (Å²) in [6, 6.07) is 5.39. The number of ether oxygens (including phenoxy) is 1. The van der Waals surface area contributed by atoms with E-state index in [0.29, 0.717) is 5.56 Å². The molecule has 0 unspecified atom stereocenters. The molecule has 0 aromatic heterocycles. The molecule has 0 atom stereocenters. The highest BCUT2D eigenvalue weighted by Crippen LogP contribution is 2.18. The molecule has 0 saturated carbocycles. The predicted octanol–water partition coefficient (Wildman–Crippen LogP) is 3.13. The highest BCUT2D eigenvalue weighted by molar-refractivity contribution is 14.1. The lowest BCUT2D eigenvalue weighted by atomic mass is 10.2. The van der Waals surface area contributed by atoms with Gasteiger partial charge in [0.25, 0.3) is 5.91 Å². The van der Waals surface area contributed by atoms with Gasteiger partial charge < -0.3 is 10.1 Å². The number of rotatable bonds is 3. The zero-order chi connectivity index (χ0) is 14.6. The van der Waals surface area contributed by atoms with Gasteiger partial charge in [0.2, 0.25) is 0 Å². The maximum atomic E-state index is 11.9. The summed E-state index contributed by atoms with van der Waals surface area (Å²) in [4.78, 5) is 23.4. The van der Waals surface area contributed by atoms with Gasteiger partial charge in [0.05, 0.1) is 5.56 Å². The lowest BCUT2D eigenvalue weighted by molar-refractivity contribution is -0.153. The van der Waals surface area contributed by atoms with Gasteiger partial charge in [-0.15, -0.1) is 0 Å².